The Kier molecular flexibility index (Phi) is 2.60. The van der Waals surface area contributed by atoms with Crippen molar-refractivity contribution < 1.29 is 9.53 Å². The van der Waals surface area contributed by atoms with Crippen LogP contribution in [0.1, 0.15) is 28.0 Å². The molecule has 86 valence electrons. The minimum absolute atomic E-state index is 0.113. The first-order valence-electron chi connectivity index (χ1n) is 5.43. The van der Waals surface area contributed by atoms with Crippen molar-refractivity contribution in [2.45, 2.75) is 12.8 Å². The molecule has 0 saturated heterocycles. The van der Waals surface area contributed by atoms with E-state index in [-0.39, 0.29) is 5.78 Å². The Morgan fingerprint density at radius 1 is 1.41 bits per heavy atom. The maximum Gasteiger partial charge on any atom is 0.217 e. The van der Waals surface area contributed by atoms with Crippen molar-refractivity contribution in [2.75, 3.05) is 6.61 Å². The third kappa shape index (κ3) is 1.82. The van der Waals surface area contributed by atoms with E-state index in [1.54, 1.807) is 11.4 Å². The van der Waals surface area contributed by atoms with Gasteiger partial charge in [0, 0.05) is 5.38 Å². The molecule has 0 amide bonds. The van der Waals surface area contributed by atoms with Crippen LogP contribution in [0.4, 0.5) is 0 Å². The topological polar surface area (TPSA) is 52.1 Å². The first-order valence-corrected chi connectivity index (χ1v) is 6.26. The lowest BCUT2D eigenvalue weighted by Gasteiger charge is -2.19. The fourth-order valence-corrected chi connectivity index (χ4v) is 2.41. The standard InChI is InChI=1S/C12H10N2O2S/c15-11(10-7-17-14-13-10)9-5-1-3-8-4-2-6-16-12(8)9/h1,3,5,7H,2,4,6H2. The Labute approximate surface area is 102 Å². The summed E-state index contributed by atoms with van der Waals surface area (Å²) < 4.78 is 9.32. The monoisotopic (exact) mass is 246 g/mol. The summed E-state index contributed by atoms with van der Waals surface area (Å²) in [4.78, 5) is 12.2. The van der Waals surface area contributed by atoms with Crippen molar-refractivity contribution in [2.24, 2.45) is 0 Å². The summed E-state index contributed by atoms with van der Waals surface area (Å²) in [5.41, 5.74) is 2.08. The number of ketones is 1. The third-order valence-electron chi connectivity index (χ3n) is 2.77. The molecule has 0 radical (unpaired) electrons. The molecular formula is C12H10N2O2S. The van der Waals surface area contributed by atoms with E-state index in [0.717, 1.165) is 24.2 Å². The molecule has 0 aliphatic carbocycles. The molecule has 3 rings (SSSR count). The molecule has 5 heteroatoms. The highest BCUT2D eigenvalue weighted by Gasteiger charge is 2.21. The molecule has 1 aromatic carbocycles. The molecule has 0 unspecified atom stereocenters. The fraction of sp³-hybridized carbons (Fsp3) is 0.250. The van der Waals surface area contributed by atoms with Gasteiger partial charge in [0.25, 0.3) is 0 Å². The van der Waals surface area contributed by atoms with E-state index in [4.69, 9.17) is 4.74 Å². The maximum absolute atomic E-state index is 12.2. The summed E-state index contributed by atoms with van der Waals surface area (Å²) >= 11 is 1.18. The number of aryl methyl sites for hydroxylation is 1. The first-order chi connectivity index (χ1) is 8.36. The first kappa shape index (κ1) is 10.4. The zero-order valence-corrected chi connectivity index (χ0v) is 9.87. The largest absolute Gasteiger partial charge is 0.493 e. The van der Waals surface area contributed by atoms with E-state index in [9.17, 15) is 4.79 Å². The molecule has 2 heterocycles. The number of ether oxygens (including phenoxy) is 1. The fourth-order valence-electron chi connectivity index (χ4n) is 1.97. The smallest absolute Gasteiger partial charge is 0.217 e. The number of benzene rings is 1. The molecule has 17 heavy (non-hydrogen) atoms. The Bertz CT molecular complexity index is 552. The molecule has 1 aliphatic heterocycles. The van der Waals surface area contributed by atoms with Gasteiger partial charge in [0.15, 0.2) is 0 Å². The average molecular weight is 246 g/mol. The van der Waals surface area contributed by atoms with E-state index in [2.05, 4.69) is 9.59 Å². The molecule has 0 spiro atoms. The predicted octanol–water partition coefficient (Wildman–Crippen LogP) is 2.09. The van der Waals surface area contributed by atoms with Gasteiger partial charge >= 0.3 is 0 Å². The number of hydrogen-bond acceptors (Lipinski definition) is 5. The number of fused-ring (bicyclic) bond motifs is 1. The number of nitrogens with zero attached hydrogens (tertiary/aromatic N) is 2. The van der Waals surface area contributed by atoms with Crippen LogP contribution in [0.15, 0.2) is 23.6 Å². The van der Waals surface area contributed by atoms with Gasteiger partial charge in [0.05, 0.1) is 12.2 Å². The average Bonchev–Trinajstić information content (AvgIpc) is 2.91. The SMILES string of the molecule is O=C(c1csnn1)c1cccc2c1OCCC2. The zero-order chi connectivity index (χ0) is 11.7. The summed E-state index contributed by atoms with van der Waals surface area (Å²) in [6.45, 7) is 0.673. The normalized spacial score (nSPS) is 13.9. The zero-order valence-electron chi connectivity index (χ0n) is 9.05. The Hall–Kier alpha value is -1.75. The molecule has 1 aromatic heterocycles. The molecule has 0 N–H and O–H groups in total. The van der Waals surface area contributed by atoms with Crippen molar-refractivity contribution >= 4 is 17.3 Å². The molecular weight excluding hydrogens is 236 g/mol. The van der Waals surface area contributed by atoms with E-state index in [0.29, 0.717) is 17.9 Å². The molecule has 4 nitrogen and oxygen atoms in total. The molecule has 0 saturated carbocycles. The lowest BCUT2D eigenvalue weighted by molar-refractivity contribution is 0.102. The second kappa shape index (κ2) is 4.25. The molecule has 0 fully saturated rings. The number of aromatic nitrogens is 2. The summed E-state index contributed by atoms with van der Waals surface area (Å²) in [6.07, 6.45) is 1.97. The maximum atomic E-state index is 12.2. The van der Waals surface area contributed by atoms with Crippen LogP contribution >= 0.6 is 11.5 Å². The minimum atomic E-state index is -0.113. The van der Waals surface area contributed by atoms with Crippen LogP contribution in [0.25, 0.3) is 0 Å². The number of carbonyl (C=O) groups excluding carboxylic acids is 1. The third-order valence-corrected chi connectivity index (χ3v) is 3.28. The van der Waals surface area contributed by atoms with E-state index in [1.807, 2.05) is 12.1 Å². The van der Waals surface area contributed by atoms with Gasteiger partial charge in [-0.25, -0.2) is 0 Å². The van der Waals surface area contributed by atoms with Gasteiger partial charge in [0.2, 0.25) is 5.78 Å². The van der Waals surface area contributed by atoms with Gasteiger partial charge in [-0.15, -0.1) is 5.10 Å². The molecule has 0 atom stereocenters. The Morgan fingerprint density at radius 2 is 2.35 bits per heavy atom. The Morgan fingerprint density at radius 3 is 3.18 bits per heavy atom. The van der Waals surface area contributed by atoms with Crippen LogP contribution in [-0.2, 0) is 6.42 Å². The predicted molar refractivity (Wildman–Crippen MR) is 63.6 cm³/mol. The summed E-state index contributed by atoms with van der Waals surface area (Å²) in [7, 11) is 0. The van der Waals surface area contributed by atoms with Crippen molar-refractivity contribution in [3.05, 3.63) is 40.4 Å². The van der Waals surface area contributed by atoms with Crippen LogP contribution in [0, 0.1) is 0 Å². The number of rotatable bonds is 2. The minimum Gasteiger partial charge on any atom is -0.493 e. The van der Waals surface area contributed by atoms with Crippen LogP contribution in [0.5, 0.6) is 5.75 Å². The van der Waals surface area contributed by atoms with Gasteiger partial charge in [-0.3, -0.25) is 4.79 Å². The summed E-state index contributed by atoms with van der Waals surface area (Å²) in [5, 5.41) is 5.46. The van der Waals surface area contributed by atoms with Crippen LogP contribution in [0.2, 0.25) is 0 Å². The molecule has 1 aliphatic rings. The summed E-state index contributed by atoms with van der Waals surface area (Å²) in [5.74, 6) is 0.606. The van der Waals surface area contributed by atoms with Gasteiger partial charge in [-0.1, -0.05) is 16.6 Å². The highest BCUT2D eigenvalue weighted by Crippen LogP contribution is 2.30. The van der Waals surface area contributed by atoms with Crippen LogP contribution in [-0.4, -0.2) is 22.0 Å². The van der Waals surface area contributed by atoms with Gasteiger partial charge in [-0.05, 0) is 36.0 Å². The lowest BCUT2D eigenvalue weighted by Crippen LogP contribution is -2.13. The van der Waals surface area contributed by atoms with Crippen molar-refractivity contribution in [1.29, 1.82) is 0 Å². The van der Waals surface area contributed by atoms with Crippen molar-refractivity contribution in [3.63, 3.8) is 0 Å². The van der Waals surface area contributed by atoms with E-state index >= 15 is 0 Å². The quantitative estimate of drug-likeness (QED) is 0.761. The van der Waals surface area contributed by atoms with Gasteiger partial charge < -0.3 is 4.74 Å². The van der Waals surface area contributed by atoms with E-state index in [1.165, 1.54) is 11.5 Å². The van der Waals surface area contributed by atoms with Crippen molar-refractivity contribution in [3.8, 4) is 5.75 Å². The summed E-state index contributed by atoms with van der Waals surface area (Å²) in [6, 6.07) is 5.68. The second-order valence-electron chi connectivity index (χ2n) is 3.87. The van der Waals surface area contributed by atoms with Gasteiger partial charge in [0.1, 0.15) is 11.4 Å². The highest BCUT2D eigenvalue weighted by molar-refractivity contribution is 7.03. The second-order valence-corrected chi connectivity index (χ2v) is 4.47. The van der Waals surface area contributed by atoms with Gasteiger partial charge in [-0.2, -0.15) is 0 Å². The number of hydrogen-bond donors (Lipinski definition) is 0. The van der Waals surface area contributed by atoms with Crippen LogP contribution in [0.3, 0.4) is 0 Å². The molecule has 0 bridgehead atoms. The lowest BCUT2D eigenvalue weighted by atomic mass is 9.99. The number of para-hydroxylation sites is 1. The number of carbonyl (C=O) groups is 1. The van der Waals surface area contributed by atoms with E-state index < -0.39 is 0 Å². The van der Waals surface area contributed by atoms with Crippen LogP contribution < -0.4 is 4.74 Å². The van der Waals surface area contributed by atoms with Crippen molar-refractivity contribution in [1.82, 2.24) is 9.59 Å². The Balaban J connectivity index is 2.06. The molecule has 2 aromatic rings. The highest BCUT2D eigenvalue weighted by atomic mass is 32.1.